The quantitative estimate of drug-likeness (QED) is 0.570. The van der Waals surface area contributed by atoms with Crippen molar-refractivity contribution in [2.24, 2.45) is 0 Å². The zero-order valence-corrected chi connectivity index (χ0v) is 7.86. The second-order valence-electron chi connectivity index (χ2n) is 2.81. The Morgan fingerprint density at radius 2 is 2.14 bits per heavy atom. The van der Waals surface area contributed by atoms with Crippen LogP contribution >= 0.6 is 0 Å². The van der Waals surface area contributed by atoms with Crippen molar-refractivity contribution >= 4 is 5.97 Å². The van der Waals surface area contributed by atoms with Crippen LogP contribution in [0.3, 0.4) is 0 Å². The van der Waals surface area contributed by atoms with Gasteiger partial charge in [0.05, 0.1) is 6.61 Å². The van der Waals surface area contributed by atoms with E-state index in [1.807, 2.05) is 6.92 Å². The van der Waals surface area contributed by atoms with E-state index in [9.17, 15) is 9.90 Å². The number of benzene rings is 1. The third-order valence-electron chi connectivity index (χ3n) is 1.67. The van der Waals surface area contributed by atoms with Crippen LogP contribution in [0.4, 0.5) is 0 Å². The average molecular weight is 196 g/mol. The van der Waals surface area contributed by atoms with Gasteiger partial charge in [-0.05, 0) is 18.6 Å². The summed E-state index contributed by atoms with van der Waals surface area (Å²) in [5.74, 6) is -1.38. The molecule has 0 atom stereocenters. The number of esters is 1. The third-order valence-corrected chi connectivity index (χ3v) is 1.67. The minimum Gasteiger partial charge on any atom is -0.504 e. The fourth-order valence-corrected chi connectivity index (χ4v) is 0.969. The van der Waals surface area contributed by atoms with Crippen LogP contribution in [-0.2, 0) is 4.74 Å². The van der Waals surface area contributed by atoms with Crippen molar-refractivity contribution in [1.82, 2.24) is 0 Å². The molecule has 0 heterocycles. The lowest BCUT2D eigenvalue weighted by Gasteiger charge is -2.05. The van der Waals surface area contributed by atoms with Crippen LogP contribution < -0.4 is 0 Å². The first-order valence-electron chi connectivity index (χ1n) is 4.35. The van der Waals surface area contributed by atoms with Gasteiger partial charge >= 0.3 is 5.97 Å². The normalized spacial score (nSPS) is 9.79. The first-order chi connectivity index (χ1) is 6.66. The Labute approximate surface area is 81.8 Å². The maximum atomic E-state index is 11.3. The van der Waals surface area contributed by atoms with Crippen molar-refractivity contribution in [2.75, 3.05) is 6.61 Å². The number of rotatable bonds is 3. The van der Waals surface area contributed by atoms with E-state index in [1.165, 1.54) is 18.2 Å². The second kappa shape index (κ2) is 4.50. The molecule has 4 nitrogen and oxygen atoms in total. The summed E-state index contributed by atoms with van der Waals surface area (Å²) < 4.78 is 4.80. The fourth-order valence-electron chi connectivity index (χ4n) is 0.969. The van der Waals surface area contributed by atoms with Gasteiger partial charge in [-0.25, -0.2) is 4.79 Å². The second-order valence-corrected chi connectivity index (χ2v) is 2.81. The molecule has 0 saturated carbocycles. The number of ether oxygens (including phenoxy) is 1. The fraction of sp³-hybridized carbons (Fsp3) is 0.300. The van der Waals surface area contributed by atoms with Gasteiger partial charge in [0.1, 0.15) is 5.56 Å². The van der Waals surface area contributed by atoms with Gasteiger partial charge in [0, 0.05) is 0 Å². The number of phenolic OH excluding ortho intramolecular Hbond substituents is 2. The molecule has 0 radical (unpaired) electrons. The molecule has 0 aliphatic heterocycles. The van der Waals surface area contributed by atoms with Crippen molar-refractivity contribution in [3.05, 3.63) is 23.8 Å². The molecule has 76 valence electrons. The monoisotopic (exact) mass is 196 g/mol. The standard InChI is InChI=1S/C10H12O4/c1-2-6-14-10(13)7-4-3-5-8(11)9(7)12/h3-5,11-12H,2,6H2,1H3. The Balaban J connectivity index is 2.84. The summed E-state index contributed by atoms with van der Waals surface area (Å²) in [4.78, 5) is 11.3. The van der Waals surface area contributed by atoms with Crippen molar-refractivity contribution in [3.8, 4) is 11.5 Å². The molecule has 1 aromatic rings. The SMILES string of the molecule is CCCOC(=O)c1cccc(O)c1O. The number of phenols is 2. The molecule has 0 aromatic heterocycles. The molecule has 4 heteroatoms. The van der Waals surface area contributed by atoms with E-state index < -0.39 is 11.7 Å². The minimum atomic E-state index is -0.625. The Kier molecular flexibility index (Phi) is 3.34. The van der Waals surface area contributed by atoms with E-state index in [2.05, 4.69) is 0 Å². The van der Waals surface area contributed by atoms with E-state index in [1.54, 1.807) is 0 Å². The Hall–Kier alpha value is -1.71. The first-order valence-corrected chi connectivity index (χ1v) is 4.35. The molecule has 2 N–H and O–H groups in total. The highest BCUT2D eigenvalue weighted by Gasteiger charge is 2.14. The summed E-state index contributed by atoms with van der Waals surface area (Å²) in [5.41, 5.74) is -0.0153. The molecule has 0 bridgehead atoms. The van der Waals surface area contributed by atoms with Gasteiger partial charge in [-0.3, -0.25) is 0 Å². The van der Waals surface area contributed by atoms with Crippen LogP contribution in [0.25, 0.3) is 0 Å². The van der Waals surface area contributed by atoms with Crippen molar-refractivity contribution in [3.63, 3.8) is 0 Å². The van der Waals surface area contributed by atoms with Gasteiger partial charge < -0.3 is 14.9 Å². The summed E-state index contributed by atoms with van der Waals surface area (Å²) >= 11 is 0. The molecular formula is C10H12O4. The minimum absolute atomic E-state index is 0.0153. The maximum absolute atomic E-state index is 11.3. The maximum Gasteiger partial charge on any atom is 0.342 e. The van der Waals surface area contributed by atoms with Gasteiger partial charge in [-0.1, -0.05) is 13.0 Å². The number of aromatic hydroxyl groups is 2. The van der Waals surface area contributed by atoms with Gasteiger partial charge in [-0.15, -0.1) is 0 Å². The van der Waals surface area contributed by atoms with E-state index in [0.717, 1.165) is 0 Å². The van der Waals surface area contributed by atoms with Gasteiger partial charge in [-0.2, -0.15) is 0 Å². The molecule has 0 aliphatic carbocycles. The zero-order valence-electron chi connectivity index (χ0n) is 7.86. The molecule has 1 rings (SSSR count). The summed E-state index contributed by atoms with van der Waals surface area (Å²) in [6.45, 7) is 2.17. The highest BCUT2D eigenvalue weighted by molar-refractivity contribution is 5.93. The van der Waals surface area contributed by atoms with Gasteiger partial charge in [0.25, 0.3) is 0 Å². The predicted molar refractivity (Wildman–Crippen MR) is 50.3 cm³/mol. The van der Waals surface area contributed by atoms with E-state index in [0.29, 0.717) is 13.0 Å². The number of hydrogen-bond acceptors (Lipinski definition) is 4. The largest absolute Gasteiger partial charge is 0.504 e. The van der Waals surface area contributed by atoms with E-state index in [4.69, 9.17) is 9.84 Å². The molecule has 0 amide bonds. The Bertz CT molecular complexity index is 333. The molecule has 0 saturated heterocycles. The molecule has 0 aliphatic rings. The average Bonchev–Trinajstić information content (AvgIpc) is 2.18. The lowest BCUT2D eigenvalue weighted by atomic mass is 10.2. The number of para-hydroxylation sites is 1. The van der Waals surface area contributed by atoms with Crippen molar-refractivity contribution < 1.29 is 19.7 Å². The number of carbonyl (C=O) groups is 1. The van der Waals surface area contributed by atoms with Crippen molar-refractivity contribution in [1.29, 1.82) is 0 Å². The zero-order chi connectivity index (χ0) is 10.6. The topological polar surface area (TPSA) is 66.8 Å². The summed E-state index contributed by atoms with van der Waals surface area (Å²) in [7, 11) is 0. The van der Waals surface area contributed by atoms with Crippen LogP contribution in [0.5, 0.6) is 11.5 Å². The van der Waals surface area contributed by atoms with E-state index >= 15 is 0 Å². The molecule has 0 fully saturated rings. The molecule has 0 unspecified atom stereocenters. The Morgan fingerprint density at radius 3 is 2.79 bits per heavy atom. The van der Waals surface area contributed by atoms with Crippen molar-refractivity contribution in [2.45, 2.75) is 13.3 Å². The van der Waals surface area contributed by atoms with Crippen LogP contribution in [-0.4, -0.2) is 22.8 Å². The molecule has 1 aromatic carbocycles. The third kappa shape index (κ3) is 2.16. The van der Waals surface area contributed by atoms with E-state index in [-0.39, 0.29) is 11.3 Å². The molecule has 14 heavy (non-hydrogen) atoms. The Morgan fingerprint density at radius 1 is 1.43 bits per heavy atom. The highest BCUT2D eigenvalue weighted by atomic mass is 16.5. The van der Waals surface area contributed by atoms with Crippen LogP contribution in [0, 0.1) is 0 Å². The predicted octanol–water partition coefficient (Wildman–Crippen LogP) is 1.66. The smallest absolute Gasteiger partial charge is 0.342 e. The lowest BCUT2D eigenvalue weighted by Crippen LogP contribution is -2.05. The summed E-state index contributed by atoms with van der Waals surface area (Å²) in [6.07, 6.45) is 0.714. The lowest BCUT2D eigenvalue weighted by molar-refractivity contribution is 0.0501. The van der Waals surface area contributed by atoms with Gasteiger partial charge in [0.2, 0.25) is 0 Å². The number of hydrogen-bond donors (Lipinski definition) is 2. The molecular weight excluding hydrogens is 184 g/mol. The summed E-state index contributed by atoms with van der Waals surface area (Å²) in [5, 5.41) is 18.4. The number of carbonyl (C=O) groups excluding carboxylic acids is 1. The summed E-state index contributed by atoms with van der Waals surface area (Å²) in [6, 6.07) is 4.16. The van der Waals surface area contributed by atoms with Crippen LogP contribution in [0.1, 0.15) is 23.7 Å². The van der Waals surface area contributed by atoms with Gasteiger partial charge in [0.15, 0.2) is 11.5 Å². The molecule has 0 spiro atoms. The van der Waals surface area contributed by atoms with Crippen LogP contribution in [0.15, 0.2) is 18.2 Å². The highest BCUT2D eigenvalue weighted by Crippen LogP contribution is 2.28. The van der Waals surface area contributed by atoms with Crippen LogP contribution in [0.2, 0.25) is 0 Å². The first kappa shape index (κ1) is 10.4.